The van der Waals surface area contributed by atoms with Crippen LogP contribution in [0.25, 0.3) is 0 Å². The monoisotopic (exact) mass is 387 g/mol. The minimum absolute atomic E-state index is 0.00587. The Labute approximate surface area is 161 Å². The first-order valence-electron chi connectivity index (χ1n) is 8.54. The Morgan fingerprint density at radius 1 is 1.07 bits per heavy atom. The first-order valence-corrected chi connectivity index (χ1v) is 8.54. The smallest absolute Gasteiger partial charge is 0.279 e. The Morgan fingerprint density at radius 3 is 2.14 bits per heavy atom. The predicted molar refractivity (Wildman–Crippen MR) is 103 cm³/mol. The van der Waals surface area contributed by atoms with Crippen molar-refractivity contribution >= 4 is 17.3 Å². The molecule has 9 nitrogen and oxygen atoms in total. The average Bonchev–Trinajstić information content (AvgIpc) is 2.65. The molecule has 1 amide bonds. The largest absolute Gasteiger partial charge is 0.497 e. The number of carbonyl (C=O) groups excluding carboxylic acids is 1. The van der Waals surface area contributed by atoms with Crippen LogP contribution in [0.2, 0.25) is 0 Å². The normalized spacial score (nSPS) is 11.8. The number of ether oxygens (including phenoxy) is 1. The molecule has 2 rings (SSSR count). The summed E-state index contributed by atoms with van der Waals surface area (Å²) in [6.07, 6.45) is 0. The summed E-state index contributed by atoms with van der Waals surface area (Å²) in [6.45, 7) is 5.23. The molecule has 2 aromatic rings. The molecule has 0 saturated heterocycles. The van der Waals surface area contributed by atoms with Gasteiger partial charge in [0.25, 0.3) is 17.3 Å². The Bertz CT molecular complexity index is 909. The van der Waals surface area contributed by atoms with Crippen molar-refractivity contribution in [3.63, 3.8) is 0 Å². The van der Waals surface area contributed by atoms with Crippen molar-refractivity contribution in [3.8, 4) is 5.75 Å². The van der Waals surface area contributed by atoms with E-state index in [9.17, 15) is 25.0 Å². The van der Waals surface area contributed by atoms with Crippen molar-refractivity contribution in [2.24, 2.45) is 5.92 Å². The summed E-state index contributed by atoms with van der Waals surface area (Å²) in [7, 11) is 1.55. The van der Waals surface area contributed by atoms with Crippen molar-refractivity contribution in [1.82, 2.24) is 5.32 Å². The van der Waals surface area contributed by atoms with E-state index in [4.69, 9.17) is 4.74 Å². The van der Waals surface area contributed by atoms with Gasteiger partial charge in [0.15, 0.2) is 0 Å². The molecule has 1 unspecified atom stereocenters. The van der Waals surface area contributed by atoms with Gasteiger partial charge in [-0.15, -0.1) is 0 Å². The standard InChI is InChI=1S/C19H21N3O6/c1-11(2)18(13-5-7-15(28-4)8-6-13)20-19(23)16-9-14(21(24)25)10-17(12(16)3)22(26)27/h5-11,18H,1-4H3,(H,20,23). The van der Waals surface area contributed by atoms with E-state index >= 15 is 0 Å². The maximum absolute atomic E-state index is 12.8. The Morgan fingerprint density at radius 2 is 1.68 bits per heavy atom. The van der Waals surface area contributed by atoms with Gasteiger partial charge in [-0.05, 0) is 30.5 Å². The second kappa shape index (κ2) is 8.47. The summed E-state index contributed by atoms with van der Waals surface area (Å²) in [6, 6.07) is 8.68. The Balaban J connectivity index is 2.42. The number of rotatable bonds is 7. The van der Waals surface area contributed by atoms with E-state index in [2.05, 4.69) is 5.32 Å². The molecule has 0 heterocycles. The molecule has 2 aromatic carbocycles. The molecule has 0 aliphatic heterocycles. The molecule has 0 aliphatic rings. The van der Waals surface area contributed by atoms with Crippen LogP contribution in [0, 0.1) is 33.1 Å². The molecule has 0 aromatic heterocycles. The summed E-state index contributed by atoms with van der Waals surface area (Å²) in [5.41, 5.74) is -0.176. The highest BCUT2D eigenvalue weighted by Gasteiger charge is 2.27. The number of nitro groups is 2. The highest BCUT2D eigenvalue weighted by Crippen LogP contribution is 2.29. The van der Waals surface area contributed by atoms with Crippen molar-refractivity contribution in [2.45, 2.75) is 26.8 Å². The summed E-state index contributed by atoms with van der Waals surface area (Å²) < 4.78 is 5.13. The van der Waals surface area contributed by atoms with Crippen molar-refractivity contribution < 1.29 is 19.4 Å². The van der Waals surface area contributed by atoms with Crippen LogP contribution >= 0.6 is 0 Å². The van der Waals surface area contributed by atoms with Gasteiger partial charge in [-0.1, -0.05) is 26.0 Å². The quantitative estimate of drug-likeness (QED) is 0.566. The lowest BCUT2D eigenvalue weighted by atomic mass is 9.95. The van der Waals surface area contributed by atoms with Gasteiger partial charge >= 0.3 is 0 Å². The molecule has 148 valence electrons. The molecular formula is C19H21N3O6. The van der Waals surface area contributed by atoms with Gasteiger partial charge in [-0.2, -0.15) is 0 Å². The summed E-state index contributed by atoms with van der Waals surface area (Å²) >= 11 is 0. The lowest BCUT2D eigenvalue weighted by Crippen LogP contribution is -2.32. The van der Waals surface area contributed by atoms with E-state index in [1.54, 1.807) is 19.2 Å². The fourth-order valence-corrected chi connectivity index (χ4v) is 2.88. The van der Waals surface area contributed by atoms with E-state index in [0.29, 0.717) is 5.75 Å². The first kappa shape index (κ1) is 20.8. The Kier molecular flexibility index (Phi) is 6.29. The minimum Gasteiger partial charge on any atom is -0.497 e. The van der Waals surface area contributed by atoms with Crippen LogP contribution in [0.5, 0.6) is 5.75 Å². The average molecular weight is 387 g/mol. The molecule has 28 heavy (non-hydrogen) atoms. The third-order valence-corrected chi connectivity index (χ3v) is 4.45. The lowest BCUT2D eigenvalue weighted by Gasteiger charge is -2.23. The molecule has 0 saturated carbocycles. The number of nitrogens with zero attached hydrogens (tertiary/aromatic N) is 2. The zero-order valence-electron chi connectivity index (χ0n) is 16.0. The highest BCUT2D eigenvalue weighted by atomic mass is 16.6. The second-order valence-corrected chi connectivity index (χ2v) is 6.62. The number of hydrogen-bond donors (Lipinski definition) is 1. The van der Waals surface area contributed by atoms with Crippen LogP contribution in [0.1, 0.15) is 41.4 Å². The third-order valence-electron chi connectivity index (χ3n) is 4.45. The van der Waals surface area contributed by atoms with E-state index in [0.717, 1.165) is 17.7 Å². The molecule has 0 fully saturated rings. The van der Waals surface area contributed by atoms with E-state index < -0.39 is 33.2 Å². The van der Waals surface area contributed by atoms with Gasteiger partial charge < -0.3 is 10.1 Å². The zero-order chi connectivity index (χ0) is 21.0. The van der Waals surface area contributed by atoms with Crippen LogP contribution in [-0.2, 0) is 0 Å². The molecule has 0 spiro atoms. The lowest BCUT2D eigenvalue weighted by molar-refractivity contribution is -0.394. The van der Waals surface area contributed by atoms with Crippen LogP contribution in [0.4, 0.5) is 11.4 Å². The van der Waals surface area contributed by atoms with Crippen molar-refractivity contribution in [3.05, 3.63) is 73.3 Å². The number of nitrogens with one attached hydrogen (secondary N) is 1. The first-order chi connectivity index (χ1) is 13.1. The van der Waals surface area contributed by atoms with E-state index in [1.807, 2.05) is 26.0 Å². The van der Waals surface area contributed by atoms with Gasteiger partial charge in [0.05, 0.1) is 34.6 Å². The maximum Gasteiger partial charge on any atom is 0.279 e. The van der Waals surface area contributed by atoms with Gasteiger partial charge in [-0.25, -0.2) is 0 Å². The number of hydrogen-bond acceptors (Lipinski definition) is 6. The fraction of sp³-hybridized carbons (Fsp3) is 0.316. The molecular weight excluding hydrogens is 366 g/mol. The fourth-order valence-electron chi connectivity index (χ4n) is 2.88. The second-order valence-electron chi connectivity index (χ2n) is 6.62. The van der Waals surface area contributed by atoms with E-state index in [-0.39, 0.29) is 17.0 Å². The zero-order valence-corrected chi connectivity index (χ0v) is 16.0. The maximum atomic E-state index is 12.8. The third kappa shape index (κ3) is 4.43. The predicted octanol–water partition coefficient (Wildman–Crippen LogP) is 3.95. The van der Waals surface area contributed by atoms with Gasteiger partial charge in [0.2, 0.25) is 0 Å². The summed E-state index contributed by atoms with van der Waals surface area (Å²) in [5, 5.41) is 25.2. The molecule has 0 aliphatic carbocycles. The topological polar surface area (TPSA) is 125 Å². The van der Waals surface area contributed by atoms with Crippen molar-refractivity contribution in [2.75, 3.05) is 7.11 Å². The molecule has 0 bridgehead atoms. The molecule has 0 radical (unpaired) electrons. The highest BCUT2D eigenvalue weighted by molar-refractivity contribution is 5.97. The number of non-ortho nitro benzene ring substituents is 1. The number of carbonyl (C=O) groups is 1. The Hall–Kier alpha value is -3.49. The number of methoxy groups -OCH3 is 1. The SMILES string of the molecule is COc1ccc(C(NC(=O)c2cc([N+](=O)[O-])cc([N+](=O)[O-])c2C)C(C)C)cc1. The van der Waals surface area contributed by atoms with Gasteiger partial charge in [-0.3, -0.25) is 25.0 Å². The van der Waals surface area contributed by atoms with Crippen molar-refractivity contribution in [1.29, 1.82) is 0 Å². The van der Waals surface area contributed by atoms with Gasteiger partial charge in [0.1, 0.15) is 5.75 Å². The summed E-state index contributed by atoms with van der Waals surface area (Å²) in [5.74, 6) is 0.0629. The van der Waals surface area contributed by atoms with Crippen LogP contribution < -0.4 is 10.1 Å². The molecule has 9 heteroatoms. The number of benzene rings is 2. The van der Waals surface area contributed by atoms with Crippen LogP contribution in [0.3, 0.4) is 0 Å². The minimum atomic E-state index is -0.757. The summed E-state index contributed by atoms with van der Waals surface area (Å²) in [4.78, 5) is 33.7. The van der Waals surface area contributed by atoms with Gasteiger partial charge in [0, 0.05) is 11.6 Å². The number of amides is 1. The van der Waals surface area contributed by atoms with E-state index in [1.165, 1.54) is 6.92 Å². The van der Waals surface area contributed by atoms with Crippen LogP contribution in [-0.4, -0.2) is 22.9 Å². The molecule has 1 atom stereocenters. The van der Waals surface area contributed by atoms with Crippen LogP contribution in [0.15, 0.2) is 36.4 Å². The molecule has 1 N–H and O–H groups in total. The number of nitro benzene ring substituents is 2.